The van der Waals surface area contributed by atoms with Crippen LogP contribution >= 0.6 is 0 Å². The van der Waals surface area contributed by atoms with Crippen molar-refractivity contribution >= 4 is 16.9 Å². The third-order valence-corrected chi connectivity index (χ3v) is 5.31. The number of nitrogens with one attached hydrogen (secondary N) is 1. The Hall–Kier alpha value is -3.29. The van der Waals surface area contributed by atoms with Gasteiger partial charge < -0.3 is 24.1 Å². The molecule has 0 spiro atoms. The van der Waals surface area contributed by atoms with Crippen LogP contribution in [0.2, 0.25) is 0 Å². The van der Waals surface area contributed by atoms with Gasteiger partial charge in [-0.05, 0) is 31.2 Å². The third kappa shape index (κ3) is 3.57. The number of amides is 1. The maximum absolute atomic E-state index is 11.6. The van der Waals surface area contributed by atoms with Crippen molar-refractivity contribution in [1.29, 1.82) is 0 Å². The van der Waals surface area contributed by atoms with E-state index < -0.39 is 0 Å². The van der Waals surface area contributed by atoms with Gasteiger partial charge in [0.1, 0.15) is 11.6 Å². The fourth-order valence-corrected chi connectivity index (χ4v) is 3.60. The van der Waals surface area contributed by atoms with E-state index in [1.807, 2.05) is 42.8 Å². The number of hydrogen-bond donors (Lipinski definition) is 1. The van der Waals surface area contributed by atoms with Crippen LogP contribution in [0, 0.1) is 5.92 Å². The van der Waals surface area contributed by atoms with Crippen LogP contribution in [0.3, 0.4) is 0 Å². The number of aromatic nitrogens is 3. The summed E-state index contributed by atoms with van der Waals surface area (Å²) in [5.74, 6) is 1.94. The van der Waals surface area contributed by atoms with Gasteiger partial charge in [-0.3, -0.25) is 4.79 Å². The first kappa shape index (κ1) is 19.0. The van der Waals surface area contributed by atoms with E-state index >= 15 is 0 Å². The molecule has 0 unspecified atom stereocenters. The van der Waals surface area contributed by atoms with Crippen molar-refractivity contribution in [3.63, 3.8) is 0 Å². The Morgan fingerprint density at radius 3 is 2.69 bits per heavy atom. The largest absolute Gasteiger partial charge is 0.493 e. The van der Waals surface area contributed by atoms with Gasteiger partial charge >= 0.3 is 0 Å². The lowest BCUT2D eigenvalue weighted by atomic mass is 10.0. The number of imidazole rings is 1. The van der Waals surface area contributed by atoms with Crippen molar-refractivity contribution in [2.75, 3.05) is 20.8 Å². The molecule has 0 aliphatic carbocycles. The van der Waals surface area contributed by atoms with E-state index in [0.717, 1.165) is 22.3 Å². The molecular formula is C21H24N4O4. The van der Waals surface area contributed by atoms with Crippen LogP contribution in [0.15, 0.2) is 30.6 Å². The van der Waals surface area contributed by atoms with Crippen LogP contribution in [0.25, 0.3) is 22.3 Å². The summed E-state index contributed by atoms with van der Waals surface area (Å²) in [5.41, 5.74) is 3.19. The number of benzene rings is 1. The first-order chi connectivity index (χ1) is 14.0. The molecule has 3 heterocycles. The Morgan fingerprint density at radius 1 is 1.21 bits per heavy atom. The Bertz CT molecular complexity index is 1060. The molecule has 1 aliphatic rings. The number of hydrogen-bond acceptors (Lipinski definition) is 6. The fraction of sp³-hybridized carbons (Fsp3) is 0.381. The van der Waals surface area contributed by atoms with Crippen molar-refractivity contribution in [3.8, 4) is 28.6 Å². The number of pyridine rings is 1. The van der Waals surface area contributed by atoms with E-state index in [4.69, 9.17) is 19.2 Å². The van der Waals surface area contributed by atoms with E-state index in [1.165, 1.54) is 0 Å². The summed E-state index contributed by atoms with van der Waals surface area (Å²) in [5, 5.41) is 2.86. The molecule has 29 heavy (non-hydrogen) atoms. The fourth-order valence-electron chi connectivity index (χ4n) is 3.60. The SMILES string of the molecule is COc1ccc(-c2cc3ncn(C)c3c(O[C@@H](C)[C@H]3CNC(=O)C3)n2)cc1OC. The highest BCUT2D eigenvalue weighted by Gasteiger charge is 2.29. The van der Waals surface area contributed by atoms with Gasteiger partial charge in [0, 0.05) is 31.5 Å². The lowest BCUT2D eigenvalue weighted by Gasteiger charge is -2.20. The van der Waals surface area contributed by atoms with Crippen molar-refractivity contribution < 1.29 is 19.0 Å². The molecule has 0 radical (unpaired) electrons. The lowest BCUT2D eigenvalue weighted by molar-refractivity contribution is -0.119. The molecule has 0 saturated carbocycles. The van der Waals surface area contributed by atoms with Gasteiger partial charge in [-0.15, -0.1) is 0 Å². The lowest BCUT2D eigenvalue weighted by Crippen LogP contribution is -2.26. The molecule has 152 valence electrons. The highest BCUT2D eigenvalue weighted by Crippen LogP contribution is 2.35. The van der Waals surface area contributed by atoms with Gasteiger partial charge in [-0.25, -0.2) is 9.97 Å². The van der Waals surface area contributed by atoms with Gasteiger partial charge in [0.25, 0.3) is 0 Å². The topological polar surface area (TPSA) is 87.5 Å². The summed E-state index contributed by atoms with van der Waals surface area (Å²) in [7, 11) is 5.11. The normalized spacial score (nSPS) is 17.2. The monoisotopic (exact) mass is 396 g/mol. The van der Waals surface area contributed by atoms with Gasteiger partial charge in [0.05, 0.1) is 31.8 Å². The number of carbonyl (C=O) groups excluding carboxylic acids is 1. The highest BCUT2D eigenvalue weighted by molar-refractivity contribution is 5.85. The Kier molecular flexibility index (Phi) is 5.00. The van der Waals surface area contributed by atoms with Crippen LogP contribution < -0.4 is 19.5 Å². The third-order valence-electron chi connectivity index (χ3n) is 5.31. The summed E-state index contributed by atoms with van der Waals surface area (Å²) in [6.45, 7) is 2.59. The Morgan fingerprint density at radius 2 is 2.00 bits per heavy atom. The van der Waals surface area contributed by atoms with Crippen LogP contribution in [0.4, 0.5) is 0 Å². The van der Waals surface area contributed by atoms with Gasteiger partial charge in [-0.2, -0.15) is 0 Å². The molecule has 1 saturated heterocycles. The Labute approximate surface area is 168 Å². The molecular weight excluding hydrogens is 372 g/mol. The summed E-state index contributed by atoms with van der Waals surface area (Å²) in [6, 6.07) is 7.57. The average molecular weight is 396 g/mol. The van der Waals surface area contributed by atoms with Crippen LogP contribution in [0.1, 0.15) is 13.3 Å². The second-order valence-electron chi connectivity index (χ2n) is 7.20. The van der Waals surface area contributed by atoms with E-state index in [2.05, 4.69) is 10.3 Å². The molecule has 1 fully saturated rings. The first-order valence-corrected chi connectivity index (χ1v) is 9.48. The number of fused-ring (bicyclic) bond motifs is 1. The smallest absolute Gasteiger partial charge is 0.241 e. The first-order valence-electron chi connectivity index (χ1n) is 9.48. The molecule has 8 heteroatoms. The number of nitrogens with zero attached hydrogens (tertiary/aromatic N) is 3. The van der Waals surface area contributed by atoms with Gasteiger partial charge in [0.2, 0.25) is 11.8 Å². The molecule has 2 aromatic heterocycles. The molecule has 1 N–H and O–H groups in total. The van der Waals surface area contributed by atoms with Crippen LogP contribution in [-0.2, 0) is 11.8 Å². The number of methoxy groups -OCH3 is 2. The van der Waals surface area contributed by atoms with E-state index in [9.17, 15) is 4.79 Å². The molecule has 4 rings (SSSR count). The number of rotatable bonds is 6. The summed E-state index contributed by atoms with van der Waals surface area (Å²) < 4.78 is 18.9. The Balaban J connectivity index is 1.74. The number of aryl methyl sites for hydroxylation is 1. The molecule has 0 bridgehead atoms. The van der Waals surface area contributed by atoms with Crippen molar-refractivity contribution in [1.82, 2.24) is 19.9 Å². The number of ether oxygens (including phenoxy) is 3. The molecule has 1 amide bonds. The second kappa shape index (κ2) is 7.62. The minimum absolute atomic E-state index is 0.0585. The minimum Gasteiger partial charge on any atom is -0.493 e. The maximum Gasteiger partial charge on any atom is 0.241 e. The van der Waals surface area contributed by atoms with Crippen molar-refractivity contribution in [3.05, 3.63) is 30.6 Å². The minimum atomic E-state index is -0.166. The van der Waals surface area contributed by atoms with E-state index in [0.29, 0.717) is 30.3 Å². The van der Waals surface area contributed by atoms with E-state index in [1.54, 1.807) is 20.5 Å². The zero-order valence-corrected chi connectivity index (χ0v) is 16.9. The summed E-state index contributed by atoms with van der Waals surface area (Å²) in [6.07, 6.45) is 2.04. The zero-order chi connectivity index (χ0) is 20.5. The maximum atomic E-state index is 11.6. The summed E-state index contributed by atoms with van der Waals surface area (Å²) >= 11 is 0. The number of carbonyl (C=O) groups is 1. The van der Waals surface area contributed by atoms with Crippen LogP contribution in [-0.4, -0.2) is 47.3 Å². The standard InChI is InChI=1S/C21H24N4O4/c1-12(14-8-19(26)22-10-14)29-21-20-16(23-11-25(20)2)9-15(24-21)13-5-6-17(27-3)18(7-13)28-4/h5-7,9,11-12,14H,8,10H2,1-4H3,(H,22,26)/t12-,14+/m0/s1. The molecule has 3 aromatic rings. The predicted octanol–water partition coefficient (Wildman–Crippen LogP) is 2.56. The predicted molar refractivity (Wildman–Crippen MR) is 108 cm³/mol. The highest BCUT2D eigenvalue weighted by atomic mass is 16.5. The average Bonchev–Trinajstić information content (AvgIpc) is 3.33. The van der Waals surface area contributed by atoms with Crippen LogP contribution in [0.5, 0.6) is 17.4 Å². The molecule has 8 nitrogen and oxygen atoms in total. The molecule has 2 atom stereocenters. The molecule has 1 aromatic carbocycles. The van der Waals surface area contributed by atoms with Crippen molar-refractivity contribution in [2.24, 2.45) is 13.0 Å². The van der Waals surface area contributed by atoms with Crippen molar-refractivity contribution in [2.45, 2.75) is 19.4 Å². The van der Waals surface area contributed by atoms with Gasteiger partial charge in [-0.1, -0.05) is 0 Å². The second-order valence-corrected chi connectivity index (χ2v) is 7.20. The summed E-state index contributed by atoms with van der Waals surface area (Å²) in [4.78, 5) is 20.8. The zero-order valence-electron chi connectivity index (χ0n) is 16.9. The molecule has 1 aliphatic heterocycles. The van der Waals surface area contributed by atoms with E-state index in [-0.39, 0.29) is 17.9 Å². The van der Waals surface area contributed by atoms with Gasteiger partial charge in [0.15, 0.2) is 11.5 Å². The quantitative estimate of drug-likeness (QED) is 0.689.